The number of hydrogen-bond donors (Lipinski definition) is 1. The zero-order valence-electron chi connectivity index (χ0n) is 13.0. The zero-order chi connectivity index (χ0) is 16.1. The van der Waals surface area contributed by atoms with Crippen LogP contribution in [-0.4, -0.2) is 28.7 Å². The van der Waals surface area contributed by atoms with E-state index >= 15 is 0 Å². The molecule has 0 aliphatic heterocycles. The summed E-state index contributed by atoms with van der Waals surface area (Å²) in [6.07, 6.45) is 2.32. The molecule has 0 fully saturated rings. The fraction of sp³-hybridized carbons (Fsp3) is 0.294. The van der Waals surface area contributed by atoms with Gasteiger partial charge in [-0.15, -0.1) is 0 Å². The number of nitrogens with one attached hydrogen (secondary N) is 1. The van der Waals surface area contributed by atoms with Crippen LogP contribution in [0.3, 0.4) is 0 Å². The van der Waals surface area contributed by atoms with Gasteiger partial charge in [0, 0.05) is 19.8 Å². The number of para-hydroxylation sites is 2. The summed E-state index contributed by atoms with van der Waals surface area (Å²) in [7, 11) is 0. The van der Waals surface area contributed by atoms with Crippen molar-refractivity contribution in [1.29, 1.82) is 0 Å². The van der Waals surface area contributed by atoms with Crippen molar-refractivity contribution in [3.8, 4) is 0 Å². The van der Waals surface area contributed by atoms with Crippen LogP contribution in [0.25, 0.3) is 11.0 Å². The first kappa shape index (κ1) is 15.3. The molecule has 3 aromatic rings. The summed E-state index contributed by atoms with van der Waals surface area (Å²) in [4.78, 5) is 16.7. The van der Waals surface area contributed by atoms with Crippen molar-refractivity contribution in [2.45, 2.75) is 19.9 Å². The first-order valence-electron chi connectivity index (χ1n) is 7.67. The zero-order valence-corrected chi connectivity index (χ0v) is 13.0. The number of aromatic nitrogens is 2. The second-order valence-electron chi connectivity index (χ2n) is 5.06. The molecule has 0 bridgehead atoms. The fourth-order valence-corrected chi connectivity index (χ4v) is 2.44. The molecule has 0 spiro atoms. The van der Waals surface area contributed by atoms with Gasteiger partial charge in [0.25, 0.3) is 5.91 Å². The second-order valence-corrected chi connectivity index (χ2v) is 5.06. The maximum absolute atomic E-state index is 12.2. The molecule has 1 aromatic carbocycles. The molecule has 0 atom stereocenters. The third-order valence-electron chi connectivity index (χ3n) is 3.50. The number of anilines is 1. The Labute approximate surface area is 134 Å². The summed E-state index contributed by atoms with van der Waals surface area (Å²) in [6.45, 7) is 4.07. The Morgan fingerprint density at radius 1 is 1.30 bits per heavy atom. The summed E-state index contributed by atoms with van der Waals surface area (Å²) >= 11 is 0. The van der Waals surface area contributed by atoms with Crippen molar-refractivity contribution in [2.75, 3.05) is 18.5 Å². The number of aryl methyl sites for hydroxylation is 1. The van der Waals surface area contributed by atoms with Gasteiger partial charge in [0.2, 0.25) is 5.95 Å². The minimum atomic E-state index is -0.309. The molecule has 0 saturated carbocycles. The number of rotatable bonds is 7. The molecular weight excluding hydrogens is 294 g/mol. The Balaban J connectivity index is 1.84. The van der Waals surface area contributed by atoms with E-state index < -0.39 is 0 Å². The van der Waals surface area contributed by atoms with Crippen molar-refractivity contribution in [1.82, 2.24) is 9.55 Å². The van der Waals surface area contributed by atoms with Crippen LogP contribution < -0.4 is 5.32 Å². The topological polar surface area (TPSA) is 69.3 Å². The average molecular weight is 313 g/mol. The van der Waals surface area contributed by atoms with Crippen LogP contribution in [0, 0.1) is 0 Å². The molecule has 23 heavy (non-hydrogen) atoms. The first-order valence-corrected chi connectivity index (χ1v) is 7.67. The minimum Gasteiger partial charge on any atom is -0.459 e. The number of imidazole rings is 1. The summed E-state index contributed by atoms with van der Waals surface area (Å²) in [5, 5.41) is 2.82. The molecule has 120 valence electrons. The number of nitrogens with zero attached hydrogens (tertiary/aromatic N) is 2. The largest absolute Gasteiger partial charge is 0.459 e. The van der Waals surface area contributed by atoms with Gasteiger partial charge in [0.05, 0.1) is 17.3 Å². The predicted octanol–water partition coefficient (Wildman–Crippen LogP) is 3.31. The van der Waals surface area contributed by atoms with Crippen molar-refractivity contribution in [3.05, 3.63) is 48.4 Å². The van der Waals surface area contributed by atoms with Gasteiger partial charge in [-0.2, -0.15) is 0 Å². The lowest BCUT2D eigenvalue weighted by molar-refractivity contribution is 0.0995. The van der Waals surface area contributed by atoms with Crippen LogP contribution in [0.1, 0.15) is 23.9 Å². The number of fused-ring (bicyclic) bond motifs is 1. The quantitative estimate of drug-likeness (QED) is 0.679. The number of carbonyl (C=O) groups excluding carboxylic acids is 1. The lowest BCUT2D eigenvalue weighted by Gasteiger charge is -2.09. The predicted molar refractivity (Wildman–Crippen MR) is 87.5 cm³/mol. The SMILES string of the molecule is CCOCCCn1c(NC(=O)c2ccco2)nc2ccccc21. The highest BCUT2D eigenvalue weighted by atomic mass is 16.5. The number of hydrogen-bond acceptors (Lipinski definition) is 4. The molecule has 0 unspecified atom stereocenters. The maximum Gasteiger partial charge on any atom is 0.293 e. The summed E-state index contributed by atoms with van der Waals surface area (Å²) in [5.41, 5.74) is 1.83. The van der Waals surface area contributed by atoms with Crippen molar-refractivity contribution in [3.63, 3.8) is 0 Å². The second kappa shape index (κ2) is 7.11. The van der Waals surface area contributed by atoms with E-state index in [0.29, 0.717) is 25.7 Å². The molecule has 2 heterocycles. The minimum absolute atomic E-state index is 0.262. The third-order valence-corrected chi connectivity index (χ3v) is 3.50. The van der Waals surface area contributed by atoms with Gasteiger partial charge in [0.1, 0.15) is 0 Å². The summed E-state index contributed by atoms with van der Waals surface area (Å²) in [6, 6.07) is 11.1. The highest BCUT2D eigenvalue weighted by Gasteiger charge is 2.15. The molecular formula is C17H19N3O3. The van der Waals surface area contributed by atoms with Gasteiger partial charge in [-0.05, 0) is 37.6 Å². The van der Waals surface area contributed by atoms with E-state index in [1.807, 2.05) is 35.8 Å². The molecule has 1 N–H and O–H groups in total. The summed E-state index contributed by atoms with van der Waals surface area (Å²) in [5.74, 6) is 0.471. The maximum atomic E-state index is 12.2. The molecule has 0 aliphatic rings. The number of benzene rings is 1. The molecule has 2 aromatic heterocycles. The smallest absolute Gasteiger partial charge is 0.293 e. The van der Waals surface area contributed by atoms with Crippen LogP contribution in [-0.2, 0) is 11.3 Å². The average Bonchev–Trinajstić information content (AvgIpc) is 3.20. The molecule has 6 nitrogen and oxygen atoms in total. The molecule has 1 amide bonds. The van der Waals surface area contributed by atoms with Crippen LogP contribution in [0.15, 0.2) is 47.1 Å². The Hall–Kier alpha value is -2.60. The molecule has 0 radical (unpaired) electrons. The Kier molecular flexibility index (Phi) is 4.73. The monoisotopic (exact) mass is 313 g/mol. The van der Waals surface area contributed by atoms with Crippen LogP contribution in [0.4, 0.5) is 5.95 Å². The molecule has 6 heteroatoms. The van der Waals surface area contributed by atoms with Crippen LogP contribution >= 0.6 is 0 Å². The van der Waals surface area contributed by atoms with Crippen molar-refractivity contribution < 1.29 is 13.9 Å². The third kappa shape index (κ3) is 3.43. The number of furan rings is 1. The van der Waals surface area contributed by atoms with Crippen LogP contribution in [0.5, 0.6) is 0 Å². The van der Waals surface area contributed by atoms with Gasteiger partial charge in [0.15, 0.2) is 5.76 Å². The lowest BCUT2D eigenvalue weighted by atomic mass is 10.3. The van der Waals surface area contributed by atoms with E-state index in [1.165, 1.54) is 6.26 Å². The Morgan fingerprint density at radius 2 is 2.17 bits per heavy atom. The van der Waals surface area contributed by atoms with Crippen LogP contribution in [0.2, 0.25) is 0 Å². The van der Waals surface area contributed by atoms with Crippen molar-refractivity contribution >= 4 is 22.9 Å². The van der Waals surface area contributed by atoms with Crippen molar-refractivity contribution in [2.24, 2.45) is 0 Å². The van der Waals surface area contributed by atoms with E-state index in [1.54, 1.807) is 12.1 Å². The number of amides is 1. The lowest BCUT2D eigenvalue weighted by Crippen LogP contribution is -2.16. The van der Waals surface area contributed by atoms with E-state index in [9.17, 15) is 4.79 Å². The molecule has 0 saturated heterocycles. The van der Waals surface area contributed by atoms with E-state index in [4.69, 9.17) is 9.15 Å². The standard InChI is InChI=1S/C17H19N3O3/c1-2-22-11-6-10-20-14-8-4-3-7-13(14)18-17(20)19-16(21)15-9-5-12-23-15/h3-5,7-9,12H,2,6,10-11H2,1H3,(H,18,19,21). The van der Waals surface area contributed by atoms with E-state index in [2.05, 4.69) is 10.3 Å². The first-order chi connectivity index (χ1) is 11.3. The van der Waals surface area contributed by atoms with E-state index in [-0.39, 0.29) is 11.7 Å². The molecule has 3 rings (SSSR count). The Bertz CT molecular complexity index is 778. The van der Waals surface area contributed by atoms with Gasteiger partial charge >= 0.3 is 0 Å². The summed E-state index contributed by atoms with van der Waals surface area (Å²) < 4.78 is 12.5. The van der Waals surface area contributed by atoms with Gasteiger partial charge in [-0.1, -0.05) is 12.1 Å². The number of ether oxygens (including phenoxy) is 1. The van der Waals surface area contributed by atoms with Gasteiger partial charge in [-0.3, -0.25) is 10.1 Å². The van der Waals surface area contributed by atoms with E-state index in [0.717, 1.165) is 17.5 Å². The Morgan fingerprint density at radius 3 is 2.96 bits per heavy atom. The highest BCUT2D eigenvalue weighted by molar-refractivity contribution is 6.02. The highest BCUT2D eigenvalue weighted by Crippen LogP contribution is 2.20. The number of carbonyl (C=O) groups is 1. The fourth-order valence-electron chi connectivity index (χ4n) is 2.44. The molecule has 0 aliphatic carbocycles. The normalized spacial score (nSPS) is 11.0. The van der Waals surface area contributed by atoms with Gasteiger partial charge < -0.3 is 13.7 Å². The van der Waals surface area contributed by atoms with Gasteiger partial charge in [-0.25, -0.2) is 4.98 Å².